The molecule has 0 saturated heterocycles. The number of amides is 1. The van der Waals surface area contributed by atoms with Crippen LogP contribution in [0, 0.1) is 0 Å². The highest BCUT2D eigenvalue weighted by molar-refractivity contribution is 6.05. The number of hydrogen-bond acceptors (Lipinski definition) is 3. The lowest BCUT2D eigenvalue weighted by Crippen LogP contribution is -2.38. The molecule has 84 valence electrons. The van der Waals surface area contributed by atoms with Crippen LogP contribution in [0.5, 0.6) is 5.75 Å². The predicted molar refractivity (Wildman–Crippen MR) is 59.6 cm³/mol. The number of carbonyl (C=O) groups is 2. The molecule has 1 aromatic carbocycles. The minimum absolute atomic E-state index is 0.0473. The quantitative estimate of drug-likeness (QED) is 0.706. The highest BCUT2D eigenvalue weighted by atomic mass is 16.5. The molecule has 0 atom stereocenters. The van der Waals surface area contributed by atoms with Crippen molar-refractivity contribution < 1.29 is 14.3 Å². The highest BCUT2D eigenvalue weighted by Crippen LogP contribution is 2.31. The Balaban J connectivity index is 2.24. The summed E-state index contributed by atoms with van der Waals surface area (Å²) in [6.07, 6.45) is -0.0473. The van der Waals surface area contributed by atoms with E-state index in [0.29, 0.717) is 18.9 Å². The first-order valence-electron chi connectivity index (χ1n) is 5.20. The molecule has 0 aromatic heterocycles. The molecule has 0 N–H and O–H groups in total. The average Bonchev–Trinajstić information content (AvgIpc) is 2.27. The summed E-state index contributed by atoms with van der Waals surface area (Å²) in [5.74, 6) is 0.419. The minimum Gasteiger partial charge on any atom is -0.490 e. The number of hydrogen-bond donors (Lipinski definition) is 0. The molecule has 0 unspecified atom stereocenters. The maximum Gasteiger partial charge on any atom is 0.234 e. The van der Waals surface area contributed by atoms with E-state index >= 15 is 0 Å². The van der Waals surface area contributed by atoms with Crippen LogP contribution in [-0.2, 0) is 9.59 Å². The largest absolute Gasteiger partial charge is 0.490 e. The van der Waals surface area contributed by atoms with Crippen LogP contribution in [0.3, 0.4) is 0 Å². The third kappa shape index (κ3) is 2.05. The van der Waals surface area contributed by atoms with Gasteiger partial charge in [-0.2, -0.15) is 0 Å². The molecule has 1 heterocycles. The summed E-state index contributed by atoms with van der Waals surface area (Å²) < 4.78 is 5.43. The second-order valence-electron chi connectivity index (χ2n) is 3.74. The van der Waals surface area contributed by atoms with E-state index in [-0.39, 0.29) is 18.1 Å². The van der Waals surface area contributed by atoms with E-state index in [4.69, 9.17) is 4.74 Å². The fourth-order valence-corrected chi connectivity index (χ4v) is 1.74. The lowest BCUT2D eigenvalue weighted by Gasteiger charge is -2.29. The minimum atomic E-state index is -0.164. The van der Waals surface area contributed by atoms with Gasteiger partial charge in [0.2, 0.25) is 5.91 Å². The van der Waals surface area contributed by atoms with E-state index in [1.165, 1.54) is 6.92 Å². The van der Waals surface area contributed by atoms with E-state index in [2.05, 4.69) is 0 Å². The number of benzene rings is 1. The third-order valence-electron chi connectivity index (χ3n) is 2.43. The Kier molecular flexibility index (Phi) is 2.90. The van der Waals surface area contributed by atoms with Crippen molar-refractivity contribution in [2.45, 2.75) is 13.3 Å². The van der Waals surface area contributed by atoms with Crippen molar-refractivity contribution in [3.8, 4) is 5.75 Å². The topological polar surface area (TPSA) is 46.6 Å². The zero-order valence-electron chi connectivity index (χ0n) is 9.10. The Bertz CT molecular complexity index is 428. The normalized spacial score (nSPS) is 13.9. The van der Waals surface area contributed by atoms with E-state index in [1.54, 1.807) is 4.90 Å². The highest BCUT2D eigenvalue weighted by Gasteiger charge is 2.23. The maximum absolute atomic E-state index is 11.8. The molecule has 2 rings (SSSR count). The van der Waals surface area contributed by atoms with Gasteiger partial charge >= 0.3 is 0 Å². The van der Waals surface area contributed by atoms with Gasteiger partial charge in [0, 0.05) is 0 Å². The summed E-state index contributed by atoms with van der Waals surface area (Å²) >= 11 is 0. The Morgan fingerprint density at radius 1 is 1.38 bits per heavy atom. The average molecular weight is 219 g/mol. The summed E-state index contributed by atoms with van der Waals surface area (Å²) in [5.41, 5.74) is 0.750. The van der Waals surface area contributed by atoms with Crippen LogP contribution >= 0.6 is 0 Å². The molecule has 0 fully saturated rings. The molecule has 1 aromatic rings. The Labute approximate surface area is 93.8 Å². The molecule has 1 aliphatic rings. The van der Waals surface area contributed by atoms with Crippen molar-refractivity contribution in [3.05, 3.63) is 24.3 Å². The van der Waals surface area contributed by atoms with Gasteiger partial charge in [-0.15, -0.1) is 0 Å². The van der Waals surface area contributed by atoms with Gasteiger partial charge in [-0.3, -0.25) is 9.59 Å². The molecule has 0 radical (unpaired) electrons. The molecule has 16 heavy (non-hydrogen) atoms. The fraction of sp³-hybridized carbons (Fsp3) is 0.333. The van der Waals surface area contributed by atoms with Gasteiger partial charge in [0.05, 0.1) is 18.7 Å². The molecule has 4 nitrogen and oxygen atoms in total. The number of Topliss-reactive ketones (excluding diaryl/α,β-unsaturated/α-hetero) is 1. The van der Waals surface area contributed by atoms with E-state index < -0.39 is 0 Å². The Hall–Kier alpha value is -1.84. The lowest BCUT2D eigenvalue weighted by molar-refractivity contribution is -0.125. The molecule has 0 spiro atoms. The maximum atomic E-state index is 11.8. The molecule has 4 heteroatoms. The van der Waals surface area contributed by atoms with Gasteiger partial charge in [-0.1, -0.05) is 12.1 Å². The van der Waals surface area contributed by atoms with Gasteiger partial charge in [0.15, 0.2) is 0 Å². The number of fused-ring (bicyclic) bond motifs is 1. The first-order chi connectivity index (χ1) is 7.68. The van der Waals surface area contributed by atoms with Crippen LogP contribution in [0.1, 0.15) is 13.3 Å². The number of rotatable bonds is 2. The summed E-state index contributed by atoms with van der Waals surface area (Å²) in [5, 5.41) is 0. The Morgan fingerprint density at radius 3 is 2.88 bits per heavy atom. The smallest absolute Gasteiger partial charge is 0.234 e. The standard InChI is InChI=1S/C12H13NO3/c1-9(14)8-12(15)13-6-7-16-11-5-3-2-4-10(11)13/h2-5H,6-8H2,1H3. The molecule has 1 aliphatic heterocycles. The van der Waals surface area contributed by atoms with Crippen LogP contribution in [0.25, 0.3) is 0 Å². The second-order valence-corrected chi connectivity index (χ2v) is 3.74. The van der Waals surface area contributed by atoms with Gasteiger partial charge in [0.1, 0.15) is 18.1 Å². The van der Waals surface area contributed by atoms with Crippen LogP contribution in [-0.4, -0.2) is 24.8 Å². The monoisotopic (exact) mass is 219 g/mol. The van der Waals surface area contributed by atoms with E-state index in [0.717, 1.165) is 5.69 Å². The fourth-order valence-electron chi connectivity index (χ4n) is 1.74. The molecular formula is C12H13NO3. The number of ketones is 1. The zero-order valence-corrected chi connectivity index (χ0v) is 9.10. The van der Waals surface area contributed by atoms with Crippen LogP contribution in [0.4, 0.5) is 5.69 Å². The van der Waals surface area contributed by atoms with Crippen molar-refractivity contribution in [2.75, 3.05) is 18.1 Å². The number of carbonyl (C=O) groups excluding carboxylic acids is 2. The summed E-state index contributed by atoms with van der Waals surface area (Å²) in [6, 6.07) is 7.36. The zero-order chi connectivity index (χ0) is 11.5. The van der Waals surface area contributed by atoms with Crippen LogP contribution in [0.2, 0.25) is 0 Å². The Morgan fingerprint density at radius 2 is 2.12 bits per heavy atom. The molecule has 0 aliphatic carbocycles. The van der Waals surface area contributed by atoms with Crippen molar-refractivity contribution in [3.63, 3.8) is 0 Å². The predicted octanol–water partition coefficient (Wildman–Crippen LogP) is 1.39. The van der Waals surface area contributed by atoms with Crippen molar-refractivity contribution in [2.24, 2.45) is 0 Å². The van der Waals surface area contributed by atoms with Crippen LogP contribution in [0.15, 0.2) is 24.3 Å². The van der Waals surface area contributed by atoms with Crippen molar-refractivity contribution in [1.82, 2.24) is 0 Å². The van der Waals surface area contributed by atoms with Gasteiger partial charge in [-0.25, -0.2) is 0 Å². The molecule has 0 saturated carbocycles. The first kappa shape index (κ1) is 10.7. The molecule has 0 bridgehead atoms. The number of anilines is 1. The first-order valence-corrected chi connectivity index (χ1v) is 5.20. The number of ether oxygens (including phenoxy) is 1. The van der Waals surface area contributed by atoms with Gasteiger partial charge in [0.25, 0.3) is 0 Å². The molecule has 1 amide bonds. The second kappa shape index (κ2) is 4.35. The number of nitrogens with zero attached hydrogens (tertiary/aromatic N) is 1. The van der Waals surface area contributed by atoms with Gasteiger partial charge in [-0.05, 0) is 19.1 Å². The number of para-hydroxylation sites is 2. The summed E-state index contributed by atoms with van der Waals surface area (Å²) in [4.78, 5) is 24.4. The lowest BCUT2D eigenvalue weighted by atomic mass is 10.2. The van der Waals surface area contributed by atoms with Crippen LogP contribution < -0.4 is 9.64 Å². The van der Waals surface area contributed by atoms with E-state index in [9.17, 15) is 9.59 Å². The van der Waals surface area contributed by atoms with E-state index in [1.807, 2.05) is 24.3 Å². The molecular weight excluding hydrogens is 206 g/mol. The van der Waals surface area contributed by atoms with Crippen molar-refractivity contribution in [1.29, 1.82) is 0 Å². The SMILES string of the molecule is CC(=O)CC(=O)N1CCOc2ccccc21. The van der Waals surface area contributed by atoms with Crippen molar-refractivity contribution >= 4 is 17.4 Å². The summed E-state index contributed by atoms with van der Waals surface area (Å²) in [7, 11) is 0. The third-order valence-corrected chi connectivity index (χ3v) is 2.43. The summed E-state index contributed by atoms with van der Waals surface area (Å²) in [6.45, 7) is 2.40. The van der Waals surface area contributed by atoms with Gasteiger partial charge < -0.3 is 9.64 Å².